The molecule has 1 saturated heterocycles. The number of rotatable bonds is 4. The summed E-state index contributed by atoms with van der Waals surface area (Å²) in [6.45, 7) is 3.04. The molecule has 0 bridgehead atoms. The van der Waals surface area contributed by atoms with Crippen molar-refractivity contribution < 1.29 is 9.36 Å². The highest BCUT2D eigenvalue weighted by Gasteiger charge is 2.22. The molecule has 1 fully saturated rings. The standard InChI is InChI=1S/C21H24N3O/c25-21(22-13-7-2-8-14-22)16-24-17-23(15-18-9-3-1-4-10-18)19-11-5-6-12-20(19)24/h1,3-6,9-12,17H,2,7-8,13-16H2/q+1. The average molecular weight is 334 g/mol. The summed E-state index contributed by atoms with van der Waals surface area (Å²) in [5.74, 6) is 0.229. The van der Waals surface area contributed by atoms with Crippen LogP contribution in [0.3, 0.4) is 0 Å². The van der Waals surface area contributed by atoms with Gasteiger partial charge in [0.25, 0.3) is 5.91 Å². The molecule has 0 radical (unpaired) electrons. The van der Waals surface area contributed by atoms with E-state index in [-0.39, 0.29) is 5.91 Å². The summed E-state index contributed by atoms with van der Waals surface area (Å²) in [6, 6.07) is 18.8. The van der Waals surface area contributed by atoms with Gasteiger partial charge in [0.05, 0.1) is 0 Å². The third-order valence-corrected chi connectivity index (χ3v) is 4.99. The molecule has 1 aliphatic heterocycles. The van der Waals surface area contributed by atoms with Gasteiger partial charge in [0.15, 0.2) is 17.6 Å². The van der Waals surface area contributed by atoms with Crippen molar-refractivity contribution in [2.75, 3.05) is 13.1 Å². The lowest BCUT2D eigenvalue weighted by Crippen LogP contribution is -2.38. The molecule has 0 atom stereocenters. The minimum absolute atomic E-state index is 0.229. The fourth-order valence-corrected chi connectivity index (χ4v) is 3.66. The number of para-hydroxylation sites is 2. The number of hydrogen-bond donors (Lipinski definition) is 0. The highest BCUT2D eigenvalue weighted by molar-refractivity contribution is 5.79. The number of carbonyl (C=O) groups is 1. The molecule has 2 heterocycles. The molecule has 4 nitrogen and oxygen atoms in total. The zero-order chi connectivity index (χ0) is 17.1. The third kappa shape index (κ3) is 3.43. The molecule has 0 unspecified atom stereocenters. The van der Waals surface area contributed by atoms with Crippen LogP contribution >= 0.6 is 0 Å². The van der Waals surface area contributed by atoms with Crippen LogP contribution in [0.4, 0.5) is 0 Å². The second-order valence-corrected chi connectivity index (χ2v) is 6.79. The first-order valence-corrected chi connectivity index (χ1v) is 9.10. The average Bonchev–Trinajstić information content (AvgIpc) is 3.01. The number of aromatic nitrogens is 2. The van der Waals surface area contributed by atoms with E-state index < -0.39 is 0 Å². The lowest BCUT2D eigenvalue weighted by molar-refractivity contribution is -0.663. The van der Waals surface area contributed by atoms with Crippen molar-refractivity contribution in [1.82, 2.24) is 9.47 Å². The van der Waals surface area contributed by atoms with Gasteiger partial charge >= 0.3 is 0 Å². The Morgan fingerprint density at radius 3 is 2.44 bits per heavy atom. The normalized spacial score (nSPS) is 14.8. The molecular weight excluding hydrogens is 310 g/mol. The fourth-order valence-electron chi connectivity index (χ4n) is 3.66. The molecule has 4 heteroatoms. The summed E-state index contributed by atoms with van der Waals surface area (Å²) in [4.78, 5) is 14.7. The summed E-state index contributed by atoms with van der Waals surface area (Å²) in [5.41, 5.74) is 3.54. The van der Waals surface area contributed by atoms with Crippen molar-refractivity contribution in [2.45, 2.75) is 32.4 Å². The Balaban J connectivity index is 1.61. The van der Waals surface area contributed by atoms with E-state index in [0.29, 0.717) is 6.54 Å². The highest BCUT2D eigenvalue weighted by atomic mass is 16.2. The van der Waals surface area contributed by atoms with Crippen LogP contribution in [-0.2, 0) is 17.9 Å². The number of imidazole rings is 1. The molecule has 0 N–H and O–H groups in total. The molecule has 1 aliphatic rings. The van der Waals surface area contributed by atoms with Crippen molar-refractivity contribution in [2.24, 2.45) is 0 Å². The molecule has 1 amide bonds. The molecule has 3 aromatic rings. The van der Waals surface area contributed by atoms with E-state index in [1.807, 2.05) is 17.0 Å². The highest BCUT2D eigenvalue weighted by Crippen LogP contribution is 2.14. The van der Waals surface area contributed by atoms with Crippen molar-refractivity contribution >= 4 is 16.9 Å². The van der Waals surface area contributed by atoms with Crippen LogP contribution in [0.5, 0.6) is 0 Å². The Labute approximate surface area is 148 Å². The Morgan fingerprint density at radius 1 is 0.920 bits per heavy atom. The monoisotopic (exact) mass is 334 g/mol. The van der Waals surface area contributed by atoms with Gasteiger partial charge in [0, 0.05) is 13.1 Å². The first-order chi connectivity index (χ1) is 12.3. The number of benzene rings is 2. The van der Waals surface area contributed by atoms with Crippen molar-refractivity contribution in [3.8, 4) is 0 Å². The minimum atomic E-state index is 0.229. The largest absolute Gasteiger partial charge is 0.339 e. The lowest BCUT2D eigenvalue weighted by atomic mass is 10.1. The van der Waals surface area contributed by atoms with Crippen LogP contribution in [0, 0.1) is 0 Å². The van der Waals surface area contributed by atoms with Crippen LogP contribution in [0.2, 0.25) is 0 Å². The van der Waals surface area contributed by atoms with Crippen LogP contribution in [-0.4, -0.2) is 28.5 Å². The number of amides is 1. The van der Waals surface area contributed by atoms with Gasteiger partial charge in [-0.2, -0.15) is 0 Å². The first kappa shape index (κ1) is 15.9. The quantitative estimate of drug-likeness (QED) is 0.675. The van der Waals surface area contributed by atoms with Gasteiger partial charge in [0.2, 0.25) is 6.33 Å². The number of hydrogen-bond acceptors (Lipinski definition) is 1. The fraction of sp³-hybridized carbons (Fsp3) is 0.333. The van der Waals surface area contributed by atoms with Crippen molar-refractivity contribution in [1.29, 1.82) is 0 Å². The molecule has 128 valence electrons. The summed E-state index contributed by atoms with van der Waals surface area (Å²) >= 11 is 0. The predicted molar refractivity (Wildman–Crippen MR) is 98.1 cm³/mol. The van der Waals surface area contributed by atoms with E-state index in [1.54, 1.807) is 0 Å². The van der Waals surface area contributed by atoms with Gasteiger partial charge in [-0.1, -0.05) is 42.5 Å². The molecule has 4 rings (SSSR count). The van der Waals surface area contributed by atoms with E-state index in [4.69, 9.17) is 0 Å². The second kappa shape index (κ2) is 7.09. The zero-order valence-corrected chi connectivity index (χ0v) is 14.5. The number of fused-ring (bicyclic) bond motifs is 1. The van der Waals surface area contributed by atoms with E-state index in [2.05, 4.69) is 57.9 Å². The number of likely N-dealkylation sites (tertiary alicyclic amines) is 1. The summed E-state index contributed by atoms with van der Waals surface area (Å²) in [6.07, 6.45) is 5.59. The third-order valence-electron chi connectivity index (χ3n) is 4.99. The van der Waals surface area contributed by atoms with E-state index in [0.717, 1.165) is 43.5 Å². The molecular formula is C21H24N3O+. The zero-order valence-electron chi connectivity index (χ0n) is 14.5. The predicted octanol–water partition coefficient (Wildman–Crippen LogP) is 2.99. The Hall–Kier alpha value is -2.62. The maximum atomic E-state index is 12.7. The topological polar surface area (TPSA) is 29.1 Å². The van der Waals surface area contributed by atoms with Crippen LogP contribution in [0.25, 0.3) is 11.0 Å². The second-order valence-electron chi connectivity index (χ2n) is 6.79. The summed E-state index contributed by atoms with van der Waals surface area (Å²) in [5, 5.41) is 0. The minimum Gasteiger partial charge on any atom is -0.339 e. The van der Waals surface area contributed by atoms with E-state index in [9.17, 15) is 4.79 Å². The van der Waals surface area contributed by atoms with Crippen molar-refractivity contribution in [3.05, 3.63) is 66.5 Å². The maximum Gasteiger partial charge on any atom is 0.264 e. The number of nitrogens with zero attached hydrogens (tertiary/aromatic N) is 3. The maximum absolute atomic E-state index is 12.7. The molecule has 0 saturated carbocycles. The SMILES string of the molecule is O=C(Cn1c[n+](Cc2ccccc2)c2ccccc21)N1CCCCC1. The van der Waals surface area contributed by atoms with Gasteiger partial charge in [-0.25, -0.2) is 9.13 Å². The van der Waals surface area contributed by atoms with Gasteiger partial charge in [0.1, 0.15) is 6.54 Å². The summed E-state index contributed by atoms with van der Waals surface area (Å²) in [7, 11) is 0. The van der Waals surface area contributed by atoms with Crippen LogP contribution < -0.4 is 4.57 Å². The van der Waals surface area contributed by atoms with Gasteiger partial charge < -0.3 is 4.90 Å². The van der Waals surface area contributed by atoms with E-state index in [1.165, 1.54) is 12.0 Å². The first-order valence-electron chi connectivity index (χ1n) is 9.10. The molecule has 0 spiro atoms. The lowest BCUT2D eigenvalue weighted by Gasteiger charge is -2.25. The molecule has 0 aliphatic carbocycles. The molecule has 2 aromatic carbocycles. The Morgan fingerprint density at radius 2 is 1.64 bits per heavy atom. The van der Waals surface area contributed by atoms with Crippen molar-refractivity contribution in [3.63, 3.8) is 0 Å². The van der Waals surface area contributed by atoms with Gasteiger partial charge in [-0.15, -0.1) is 0 Å². The van der Waals surface area contributed by atoms with Gasteiger partial charge in [-0.3, -0.25) is 4.79 Å². The smallest absolute Gasteiger partial charge is 0.264 e. The molecule has 1 aromatic heterocycles. The van der Waals surface area contributed by atoms with Crippen LogP contribution in [0.1, 0.15) is 24.8 Å². The van der Waals surface area contributed by atoms with E-state index >= 15 is 0 Å². The Kier molecular flexibility index (Phi) is 4.51. The number of carbonyl (C=O) groups excluding carboxylic acids is 1. The summed E-state index contributed by atoms with van der Waals surface area (Å²) < 4.78 is 4.32. The van der Waals surface area contributed by atoms with Crippen LogP contribution in [0.15, 0.2) is 60.9 Å². The molecule has 25 heavy (non-hydrogen) atoms. The Bertz CT molecular complexity index is 863. The van der Waals surface area contributed by atoms with Gasteiger partial charge in [-0.05, 0) is 37.0 Å². The number of piperidine rings is 1.